The maximum Gasteiger partial charge on any atom is 0.225 e. The lowest BCUT2D eigenvalue weighted by Gasteiger charge is -2.09. The molecule has 0 fully saturated rings. The molecule has 0 aliphatic carbocycles. The highest BCUT2D eigenvalue weighted by molar-refractivity contribution is 7.99. The maximum atomic E-state index is 12.1. The van der Waals surface area contributed by atoms with Gasteiger partial charge in [-0.3, -0.25) is 14.8 Å². The Bertz CT molecular complexity index is 904. The number of carbonyl (C=O) groups excluding carboxylic acids is 1. The number of thioether (sulfide) groups is 1. The number of methoxy groups -OCH3 is 1. The van der Waals surface area contributed by atoms with Crippen LogP contribution in [-0.4, -0.2) is 28.7 Å². The van der Waals surface area contributed by atoms with E-state index in [0.29, 0.717) is 28.6 Å². The fourth-order valence-corrected chi connectivity index (χ4v) is 3.50. The Balaban J connectivity index is 1.60. The van der Waals surface area contributed by atoms with E-state index in [1.807, 2.05) is 24.3 Å². The standard InChI is InChI=1S/C18H16ClN3O2S/c1-24-16-4-7-20-11-15(16)22-18(23)6-9-25-17-5-8-21-14-10-12(19)2-3-13(14)17/h2-5,7-8,10-11H,6,9H2,1H3,(H,22,23). The highest BCUT2D eigenvalue weighted by Crippen LogP contribution is 2.29. The first-order valence-corrected chi connectivity index (χ1v) is 8.98. The molecule has 2 aromatic heterocycles. The number of hydrogen-bond donors (Lipinski definition) is 1. The topological polar surface area (TPSA) is 64.1 Å². The number of halogens is 1. The van der Waals surface area contributed by atoms with Crippen molar-refractivity contribution in [3.05, 3.63) is 53.9 Å². The molecule has 0 atom stereocenters. The Kier molecular flexibility index (Phi) is 5.73. The molecule has 5 nitrogen and oxygen atoms in total. The Morgan fingerprint density at radius 1 is 1.28 bits per heavy atom. The molecule has 0 aliphatic heterocycles. The second kappa shape index (κ2) is 8.18. The minimum atomic E-state index is -0.0831. The van der Waals surface area contributed by atoms with Gasteiger partial charge >= 0.3 is 0 Å². The van der Waals surface area contributed by atoms with E-state index in [9.17, 15) is 4.79 Å². The summed E-state index contributed by atoms with van der Waals surface area (Å²) in [6.07, 6.45) is 5.32. The van der Waals surface area contributed by atoms with Crippen LogP contribution in [0.2, 0.25) is 5.02 Å². The molecule has 1 aromatic carbocycles. The lowest BCUT2D eigenvalue weighted by Crippen LogP contribution is -2.13. The van der Waals surface area contributed by atoms with Gasteiger partial charge in [0.05, 0.1) is 18.8 Å². The zero-order chi connectivity index (χ0) is 17.6. The smallest absolute Gasteiger partial charge is 0.225 e. The van der Waals surface area contributed by atoms with E-state index in [-0.39, 0.29) is 5.91 Å². The minimum Gasteiger partial charge on any atom is -0.494 e. The fourth-order valence-electron chi connectivity index (χ4n) is 2.34. The number of anilines is 1. The molecule has 0 spiro atoms. The van der Waals surface area contributed by atoms with Crippen LogP contribution in [0.5, 0.6) is 5.75 Å². The number of hydrogen-bond acceptors (Lipinski definition) is 5. The van der Waals surface area contributed by atoms with Gasteiger partial charge in [-0.25, -0.2) is 0 Å². The monoisotopic (exact) mass is 373 g/mol. The third-order valence-electron chi connectivity index (χ3n) is 3.53. The van der Waals surface area contributed by atoms with Crippen molar-refractivity contribution in [3.63, 3.8) is 0 Å². The predicted molar refractivity (Wildman–Crippen MR) is 102 cm³/mol. The van der Waals surface area contributed by atoms with Crippen molar-refractivity contribution in [2.75, 3.05) is 18.2 Å². The molecule has 3 rings (SSSR count). The number of fused-ring (bicyclic) bond motifs is 1. The normalized spacial score (nSPS) is 10.6. The molecule has 7 heteroatoms. The number of aromatic nitrogens is 2. The number of amides is 1. The third kappa shape index (κ3) is 4.41. The first kappa shape index (κ1) is 17.5. The van der Waals surface area contributed by atoms with Gasteiger partial charge in [-0.05, 0) is 18.2 Å². The molecule has 0 aliphatic rings. The van der Waals surface area contributed by atoms with Crippen molar-refractivity contribution in [1.29, 1.82) is 0 Å². The molecule has 25 heavy (non-hydrogen) atoms. The summed E-state index contributed by atoms with van der Waals surface area (Å²) >= 11 is 7.62. The Morgan fingerprint density at radius 3 is 3.00 bits per heavy atom. The molecule has 0 unspecified atom stereocenters. The van der Waals surface area contributed by atoms with Gasteiger partial charge in [-0.15, -0.1) is 11.8 Å². The fraction of sp³-hybridized carbons (Fsp3) is 0.167. The predicted octanol–water partition coefficient (Wildman–Crippen LogP) is 4.41. The molecular formula is C18H16ClN3O2S. The molecule has 1 amide bonds. The third-order valence-corrected chi connectivity index (χ3v) is 4.84. The number of rotatable bonds is 6. The van der Waals surface area contributed by atoms with Crippen LogP contribution in [0, 0.1) is 0 Å². The number of carbonyl (C=O) groups is 1. The molecule has 0 bridgehead atoms. The summed E-state index contributed by atoms with van der Waals surface area (Å²) in [5.41, 5.74) is 1.42. The molecular weight excluding hydrogens is 358 g/mol. The summed E-state index contributed by atoms with van der Waals surface area (Å²) in [6, 6.07) is 9.29. The van der Waals surface area contributed by atoms with Crippen LogP contribution >= 0.6 is 23.4 Å². The summed E-state index contributed by atoms with van der Waals surface area (Å²) in [5.74, 6) is 1.16. The Hall–Kier alpha value is -2.31. The highest BCUT2D eigenvalue weighted by atomic mass is 35.5. The Labute approximate surface area is 154 Å². The van der Waals surface area contributed by atoms with Gasteiger partial charge in [0.1, 0.15) is 11.4 Å². The summed E-state index contributed by atoms with van der Waals surface area (Å²) in [4.78, 5) is 21.5. The van der Waals surface area contributed by atoms with Gasteiger partial charge in [-0.2, -0.15) is 0 Å². The van der Waals surface area contributed by atoms with Gasteiger partial charge in [-0.1, -0.05) is 17.7 Å². The lowest BCUT2D eigenvalue weighted by molar-refractivity contribution is -0.115. The zero-order valence-corrected chi connectivity index (χ0v) is 15.1. The van der Waals surface area contributed by atoms with Crippen molar-refractivity contribution in [2.45, 2.75) is 11.3 Å². The number of nitrogens with one attached hydrogen (secondary N) is 1. The van der Waals surface area contributed by atoms with Gasteiger partial charge in [0.15, 0.2) is 0 Å². The first-order chi connectivity index (χ1) is 12.2. The first-order valence-electron chi connectivity index (χ1n) is 7.62. The molecule has 128 valence electrons. The molecule has 3 aromatic rings. The SMILES string of the molecule is COc1ccncc1NC(=O)CCSc1ccnc2cc(Cl)ccc12. The number of nitrogens with zero attached hydrogens (tertiary/aromatic N) is 2. The quantitative estimate of drug-likeness (QED) is 0.648. The molecule has 0 radical (unpaired) electrons. The number of ether oxygens (including phenoxy) is 1. The van der Waals surface area contributed by atoms with E-state index in [2.05, 4.69) is 15.3 Å². The Morgan fingerprint density at radius 2 is 2.16 bits per heavy atom. The second-order valence-corrected chi connectivity index (χ2v) is 6.77. The van der Waals surface area contributed by atoms with E-state index >= 15 is 0 Å². The summed E-state index contributed by atoms with van der Waals surface area (Å²) in [5, 5.41) is 4.52. The van der Waals surface area contributed by atoms with Crippen LogP contribution in [0.4, 0.5) is 5.69 Å². The molecule has 2 heterocycles. The molecule has 0 saturated heterocycles. The van der Waals surface area contributed by atoms with Crippen molar-refractivity contribution in [1.82, 2.24) is 9.97 Å². The van der Waals surface area contributed by atoms with Crippen LogP contribution in [-0.2, 0) is 4.79 Å². The zero-order valence-electron chi connectivity index (χ0n) is 13.5. The van der Waals surface area contributed by atoms with Crippen LogP contribution < -0.4 is 10.1 Å². The van der Waals surface area contributed by atoms with Crippen molar-refractivity contribution in [3.8, 4) is 5.75 Å². The minimum absolute atomic E-state index is 0.0831. The average molecular weight is 374 g/mol. The average Bonchev–Trinajstić information content (AvgIpc) is 2.62. The van der Waals surface area contributed by atoms with Crippen molar-refractivity contribution >= 4 is 45.9 Å². The summed E-state index contributed by atoms with van der Waals surface area (Å²) < 4.78 is 5.20. The largest absolute Gasteiger partial charge is 0.494 e. The van der Waals surface area contributed by atoms with Crippen LogP contribution in [0.1, 0.15) is 6.42 Å². The highest BCUT2D eigenvalue weighted by Gasteiger charge is 2.09. The number of pyridine rings is 2. The van der Waals surface area contributed by atoms with E-state index in [1.165, 1.54) is 0 Å². The van der Waals surface area contributed by atoms with Gasteiger partial charge in [0.25, 0.3) is 0 Å². The van der Waals surface area contributed by atoms with Gasteiger partial charge in [0, 0.05) is 45.9 Å². The molecule has 1 N–H and O–H groups in total. The molecule has 0 saturated carbocycles. The van der Waals surface area contributed by atoms with E-state index < -0.39 is 0 Å². The van der Waals surface area contributed by atoms with Crippen molar-refractivity contribution in [2.24, 2.45) is 0 Å². The second-order valence-electron chi connectivity index (χ2n) is 5.19. The van der Waals surface area contributed by atoms with Gasteiger partial charge in [0.2, 0.25) is 5.91 Å². The van der Waals surface area contributed by atoms with Crippen LogP contribution in [0.25, 0.3) is 10.9 Å². The maximum absolute atomic E-state index is 12.1. The van der Waals surface area contributed by atoms with Crippen LogP contribution in [0.3, 0.4) is 0 Å². The van der Waals surface area contributed by atoms with Gasteiger partial charge < -0.3 is 10.1 Å². The lowest BCUT2D eigenvalue weighted by atomic mass is 10.2. The van der Waals surface area contributed by atoms with Crippen LogP contribution in [0.15, 0.2) is 53.8 Å². The summed E-state index contributed by atoms with van der Waals surface area (Å²) in [6.45, 7) is 0. The number of benzene rings is 1. The van der Waals surface area contributed by atoms with Crippen molar-refractivity contribution < 1.29 is 9.53 Å². The van der Waals surface area contributed by atoms with E-state index in [4.69, 9.17) is 16.3 Å². The van der Waals surface area contributed by atoms with E-state index in [1.54, 1.807) is 43.5 Å². The van der Waals surface area contributed by atoms with E-state index in [0.717, 1.165) is 15.8 Å². The summed E-state index contributed by atoms with van der Waals surface area (Å²) in [7, 11) is 1.56.